The molecular formula is C20H27BrN2O2. The second-order valence-electron chi connectivity index (χ2n) is 6.99. The lowest BCUT2D eigenvalue weighted by Gasteiger charge is -2.48. The van der Waals surface area contributed by atoms with Crippen LogP contribution >= 0.6 is 15.9 Å². The monoisotopic (exact) mass is 406 g/mol. The summed E-state index contributed by atoms with van der Waals surface area (Å²) in [7, 11) is 0. The number of carbonyl (C=O) groups is 1. The number of hydrogen-bond acceptors (Lipinski definition) is 3. The summed E-state index contributed by atoms with van der Waals surface area (Å²) in [4.78, 5) is 14.9. The molecule has 0 unspecified atom stereocenters. The predicted octanol–water partition coefficient (Wildman–Crippen LogP) is 3.61. The van der Waals surface area contributed by atoms with E-state index in [0.717, 1.165) is 42.9 Å². The number of morpholine rings is 1. The molecule has 0 bridgehead atoms. The van der Waals surface area contributed by atoms with Crippen molar-refractivity contribution >= 4 is 27.9 Å². The van der Waals surface area contributed by atoms with E-state index in [0.29, 0.717) is 0 Å². The van der Waals surface area contributed by atoms with Gasteiger partial charge in [0.25, 0.3) is 0 Å². The lowest BCUT2D eigenvalue weighted by atomic mass is 9.79. The molecule has 1 aliphatic heterocycles. The van der Waals surface area contributed by atoms with Gasteiger partial charge in [0.05, 0.1) is 13.2 Å². The number of hydrogen-bond donors (Lipinski definition) is 1. The third-order valence-corrected chi connectivity index (χ3v) is 5.88. The molecule has 1 aromatic carbocycles. The Morgan fingerprint density at radius 1 is 1.16 bits per heavy atom. The van der Waals surface area contributed by atoms with Gasteiger partial charge in [-0.25, -0.2) is 0 Å². The molecule has 1 saturated heterocycles. The van der Waals surface area contributed by atoms with Crippen LogP contribution in [0.4, 0.5) is 0 Å². The Morgan fingerprint density at radius 3 is 2.52 bits per heavy atom. The zero-order chi connectivity index (χ0) is 17.5. The number of ether oxygens (including phenoxy) is 1. The van der Waals surface area contributed by atoms with Crippen LogP contribution in [0.1, 0.15) is 37.7 Å². The topological polar surface area (TPSA) is 41.6 Å². The third kappa shape index (κ3) is 5.16. The first-order valence-electron chi connectivity index (χ1n) is 9.22. The minimum Gasteiger partial charge on any atom is -0.379 e. The van der Waals surface area contributed by atoms with E-state index in [1.165, 1.54) is 32.1 Å². The van der Waals surface area contributed by atoms with Gasteiger partial charge in [-0.15, -0.1) is 0 Å². The van der Waals surface area contributed by atoms with Crippen molar-refractivity contribution in [2.24, 2.45) is 0 Å². The SMILES string of the molecule is O=C(/C=C/c1ccc(Br)cc1)NCC1(N2CCOCC2)CCCCC1. The summed E-state index contributed by atoms with van der Waals surface area (Å²) in [6, 6.07) is 7.94. The van der Waals surface area contributed by atoms with Gasteiger partial charge in [-0.2, -0.15) is 0 Å². The Hall–Kier alpha value is -1.17. The first kappa shape index (κ1) is 18.6. The summed E-state index contributed by atoms with van der Waals surface area (Å²) in [6.07, 6.45) is 9.66. The number of benzene rings is 1. The fourth-order valence-corrected chi connectivity index (χ4v) is 4.17. The van der Waals surface area contributed by atoms with E-state index >= 15 is 0 Å². The van der Waals surface area contributed by atoms with Crippen molar-refractivity contribution in [1.82, 2.24) is 10.2 Å². The number of rotatable bonds is 5. The molecule has 3 rings (SSSR count). The number of halogens is 1. The normalized spacial score (nSPS) is 21.3. The molecule has 5 heteroatoms. The van der Waals surface area contributed by atoms with Gasteiger partial charge in [0.1, 0.15) is 0 Å². The Morgan fingerprint density at radius 2 is 1.84 bits per heavy atom. The third-order valence-electron chi connectivity index (χ3n) is 5.36. The standard InChI is InChI=1S/C20H27BrN2O2/c21-18-7-4-17(5-8-18)6-9-19(24)22-16-20(10-2-1-3-11-20)23-12-14-25-15-13-23/h4-9H,1-3,10-16H2,(H,22,24)/b9-6+. The smallest absolute Gasteiger partial charge is 0.244 e. The van der Waals surface area contributed by atoms with Gasteiger partial charge in [-0.3, -0.25) is 9.69 Å². The van der Waals surface area contributed by atoms with E-state index in [9.17, 15) is 4.79 Å². The van der Waals surface area contributed by atoms with E-state index < -0.39 is 0 Å². The molecule has 0 spiro atoms. The maximum atomic E-state index is 12.3. The summed E-state index contributed by atoms with van der Waals surface area (Å²) >= 11 is 3.42. The molecule has 2 aliphatic rings. The number of nitrogens with zero attached hydrogens (tertiary/aromatic N) is 1. The molecular weight excluding hydrogens is 380 g/mol. The van der Waals surface area contributed by atoms with Gasteiger partial charge < -0.3 is 10.1 Å². The summed E-state index contributed by atoms with van der Waals surface area (Å²) < 4.78 is 6.55. The maximum absolute atomic E-state index is 12.3. The van der Waals surface area contributed by atoms with Gasteiger partial charge in [0, 0.05) is 35.7 Å². The van der Waals surface area contributed by atoms with Gasteiger partial charge in [0.15, 0.2) is 0 Å². The minimum atomic E-state index is -0.0128. The summed E-state index contributed by atoms with van der Waals surface area (Å²) in [6.45, 7) is 4.30. The highest BCUT2D eigenvalue weighted by Gasteiger charge is 2.38. The summed E-state index contributed by atoms with van der Waals surface area (Å²) in [5.74, 6) is -0.0128. The van der Waals surface area contributed by atoms with Crippen molar-refractivity contribution < 1.29 is 9.53 Å². The van der Waals surface area contributed by atoms with Gasteiger partial charge in [-0.05, 0) is 36.6 Å². The number of amides is 1. The van der Waals surface area contributed by atoms with Crippen LogP contribution in [0.5, 0.6) is 0 Å². The lowest BCUT2D eigenvalue weighted by molar-refractivity contribution is -0.117. The lowest BCUT2D eigenvalue weighted by Crippen LogP contribution is -2.59. The summed E-state index contributed by atoms with van der Waals surface area (Å²) in [5, 5.41) is 3.15. The molecule has 0 atom stereocenters. The highest BCUT2D eigenvalue weighted by molar-refractivity contribution is 9.10. The predicted molar refractivity (Wildman–Crippen MR) is 104 cm³/mol. The van der Waals surface area contributed by atoms with E-state index in [1.807, 2.05) is 30.3 Å². The molecule has 2 fully saturated rings. The van der Waals surface area contributed by atoms with Crippen LogP contribution in [0.25, 0.3) is 6.08 Å². The van der Waals surface area contributed by atoms with E-state index in [4.69, 9.17) is 4.74 Å². The Balaban J connectivity index is 1.58. The second kappa shape index (κ2) is 8.97. The van der Waals surface area contributed by atoms with Crippen molar-refractivity contribution in [3.63, 3.8) is 0 Å². The molecule has 0 radical (unpaired) electrons. The van der Waals surface area contributed by atoms with Crippen LogP contribution in [-0.2, 0) is 9.53 Å². The molecule has 0 aromatic heterocycles. The Labute approximate surface area is 158 Å². The van der Waals surface area contributed by atoms with Gasteiger partial charge in [-0.1, -0.05) is 47.3 Å². The quantitative estimate of drug-likeness (QED) is 0.759. The van der Waals surface area contributed by atoms with Crippen molar-refractivity contribution in [3.8, 4) is 0 Å². The molecule has 1 aromatic rings. The molecule has 1 amide bonds. The largest absolute Gasteiger partial charge is 0.379 e. The molecule has 1 aliphatic carbocycles. The molecule has 1 saturated carbocycles. The van der Waals surface area contributed by atoms with Crippen molar-refractivity contribution in [1.29, 1.82) is 0 Å². The van der Waals surface area contributed by atoms with Gasteiger partial charge in [0.2, 0.25) is 5.91 Å². The first-order valence-corrected chi connectivity index (χ1v) is 10.0. The maximum Gasteiger partial charge on any atom is 0.244 e. The molecule has 4 nitrogen and oxygen atoms in total. The number of carbonyl (C=O) groups excluding carboxylic acids is 1. The van der Waals surface area contributed by atoms with Crippen molar-refractivity contribution in [2.45, 2.75) is 37.6 Å². The van der Waals surface area contributed by atoms with Crippen LogP contribution < -0.4 is 5.32 Å². The number of nitrogens with one attached hydrogen (secondary N) is 1. The molecule has 1 N–H and O–H groups in total. The van der Waals surface area contributed by atoms with Gasteiger partial charge >= 0.3 is 0 Å². The van der Waals surface area contributed by atoms with Crippen LogP contribution in [0.15, 0.2) is 34.8 Å². The van der Waals surface area contributed by atoms with Crippen molar-refractivity contribution in [2.75, 3.05) is 32.8 Å². The average molecular weight is 407 g/mol. The summed E-state index contributed by atoms with van der Waals surface area (Å²) in [5.41, 5.74) is 1.14. The highest BCUT2D eigenvalue weighted by Crippen LogP contribution is 2.33. The van der Waals surface area contributed by atoms with E-state index in [2.05, 4.69) is 26.1 Å². The second-order valence-corrected chi connectivity index (χ2v) is 7.90. The minimum absolute atomic E-state index is 0.0128. The molecule has 1 heterocycles. The Bertz CT molecular complexity index is 588. The first-order chi connectivity index (χ1) is 12.2. The fraction of sp³-hybridized carbons (Fsp3) is 0.550. The molecule has 136 valence electrons. The zero-order valence-corrected chi connectivity index (χ0v) is 16.3. The van der Waals surface area contributed by atoms with Crippen LogP contribution in [-0.4, -0.2) is 49.2 Å². The fourth-order valence-electron chi connectivity index (χ4n) is 3.91. The Kier molecular flexibility index (Phi) is 6.68. The van der Waals surface area contributed by atoms with Crippen LogP contribution in [0.3, 0.4) is 0 Å². The molecule has 25 heavy (non-hydrogen) atoms. The zero-order valence-electron chi connectivity index (χ0n) is 14.7. The van der Waals surface area contributed by atoms with Crippen molar-refractivity contribution in [3.05, 3.63) is 40.4 Å². The van der Waals surface area contributed by atoms with Crippen LogP contribution in [0.2, 0.25) is 0 Å². The van der Waals surface area contributed by atoms with E-state index in [-0.39, 0.29) is 11.4 Å². The van der Waals surface area contributed by atoms with Crippen LogP contribution in [0, 0.1) is 0 Å². The highest BCUT2D eigenvalue weighted by atomic mass is 79.9. The van der Waals surface area contributed by atoms with E-state index in [1.54, 1.807) is 6.08 Å². The average Bonchev–Trinajstić information content (AvgIpc) is 2.67.